The number of carbonyl (C=O) groups excluding carboxylic acids is 2. The van der Waals surface area contributed by atoms with Gasteiger partial charge >= 0.3 is 11.7 Å². The monoisotopic (exact) mass is 417 g/mol. The minimum absolute atomic E-state index is 0.256. The molecular weight excluding hydrogens is 390 g/mol. The Morgan fingerprint density at radius 1 is 1.10 bits per heavy atom. The van der Waals surface area contributed by atoms with Crippen molar-refractivity contribution in [1.82, 2.24) is 14.5 Å². The zero-order valence-corrected chi connectivity index (χ0v) is 17.8. The van der Waals surface area contributed by atoms with E-state index in [2.05, 4.69) is 5.32 Å². The van der Waals surface area contributed by atoms with Gasteiger partial charge in [-0.3, -0.25) is 18.7 Å². The molecule has 9 nitrogen and oxygen atoms in total. The first-order chi connectivity index (χ1) is 14.2. The molecule has 2 aromatic rings. The van der Waals surface area contributed by atoms with Crippen molar-refractivity contribution >= 4 is 11.9 Å². The number of rotatable bonds is 8. The SMILES string of the molecule is CCOc1ccccc1C(=O)N[C@H](C(=O)OCc1cc(=O)n(C)c(=O)n1C)C(C)C. The molecule has 0 aliphatic rings. The van der Waals surface area contributed by atoms with Gasteiger partial charge in [0, 0.05) is 20.2 Å². The Bertz CT molecular complexity index is 1040. The van der Waals surface area contributed by atoms with Gasteiger partial charge in [-0.2, -0.15) is 0 Å². The normalized spacial score (nSPS) is 11.8. The topological polar surface area (TPSA) is 109 Å². The van der Waals surface area contributed by atoms with Crippen molar-refractivity contribution in [3.8, 4) is 5.75 Å². The molecule has 0 radical (unpaired) electrons. The number of nitrogens with one attached hydrogen (secondary N) is 1. The van der Waals surface area contributed by atoms with E-state index < -0.39 is 29.2 Å². The summed E-state index contributed by atoms with van der Waals surface area (Å²) in [6.07, 6.45) is 0. The number of esters is 1. The highest BCUT2D eigenvalue weighted by Gasteiger charge is 2.27. The summed E-state index contributed by atoms with van der Waals surface area (Å²) in [5.74, 6) is -0.965. The molecular formula is C21H27N3O6. The van der Waals surface area contributed by atoms with Crippen LogP contribution in [0.3, 0.4) is 0 Å². The van der Waals surface area contributed by atoms with Crippen LogP contribution in [0.5, 0.6) is 5.75 Å². The van der Waals surface area contributed by atoms with Crippen LogP contribution in [-0.2, 0) is 30.2 Å². The third kappa shape index (κ3) is 5.16. The minimum atomic E-state index is -0.921. The maximum Gasteiger partial charge on any atom is 0.330 e. The standard InChI is InChI=1S/C21H27N3O6/c1-6-29-16-10-8-7-9-15(16)19(26)22-18(13(2)3)20(27)30-12-14-11-17(25)24(5)21(28)23(14)4/h7-11,13,18H,6,12H2,1-5H3,(H,22,26)/t18-/m0/s1. The Balaban J connectivity index is 2.15. The Hall–Kier alpha value is -3.36. The molecule has 0 aliphatic heterocycles. The van der Waals surface area contributed by atoms with Crippen molar-refractivity contribution in [2.45, 2.75) is 33.4 Å². The molecule has 0 spiro atoms. The van der Waals surface area contributed by atoms with Gasteiger partial charge in [-0.1, -0.05) is 26.0 Å². The average Bonchev–Trinajstić information content (AvgIpc) is 2.72. The number of para-hydroxylation sites is 1. The fourth-order valence-corrected chi connectivity index (χ4v) is 2.80. The second kappa shape index (κ2) is 9.91. The summed E-state index contributed by atoms with van der Waals surface area (Å²) in [6, 6.07) is 7.06. The molecule has 0 aliphatic carbocycles. The predicted molar refractivity (Wildman–Crippen MR) is 110 cm³/mol. The molecule has 1 N–H and O–H groups in total. The molecule has 1 heterocycles. The molecule has 162 valence electrons. The number of nitrogens with zero attached hydrogens (tertiary/aromatic N) is 2. The first-order valence-electron chi connectivity index (χ1n) is 9.62. The van der Waals surface area contributed by atoms with Gasteiger partial charge in [0.2, 0.25) is 0 Å². The molecule has 0 unspecified atom stereocenters. The summed E-state index contributed by atoms with van der Waals surface area (Å²) < 4.78 is 13.0. The largest absolute Gasteiger partial charge is 0.493 e. The number of benzene rings is 1. The van der Waals surface area contributed by atoms with E-state index in [9.17, 15) is 19.2 Å². The van der Waals surface area contributed by atoms with E-state index in [4.69, 9.17) is 9.47 Å². The van der Waals surface area contributed by atoms with E-state index in [1.807, 2.05) is 6.92 Å². The van der Waals surface area contributed by atoms with Crippen LogP contribution in [-0.4, -0.2) is 33.7 Å². The van der Waals surface area contributed by atoms with E-state index in [0.29, 0.717) is 17.9 Å². The molecule has 0 saturated heterocycles. The highest BCUT2D eigenvalue weighted by Crippen LogP contribution is 2.18. The third-order valence-corrected chi connectivity index (χ3v) is 4.63. The van der Waals surface area contributed by atoms with Gasteiger partial charge in [0.25, 0.3) is 11.5 Å². The lowest BCUT2D eigenvalue weighted by Gasteiger charge is -2.22. The number of carbonyl (C=O) groups is 2. The lowest BCUT2D eigenvalue weighted by atomic mass is 10.0. The van der Waals surface area contributed by atoms with E-state index in [1.165, 1.54) is 24.7 Å². The Kier molecular flexibility index (Phi) is 7.57. The molecule has 1 amide bonds. The number of amides is 1. The number of ether oxygens (including phenoxy) is 2. The summed E-state index contributed by atoms with van der Waals surface area (Å²) in [6.45, 7) is 5.49. The first-order valence-corrected chi connectivity index (χ1v) is 9.62. The number of aromatic nitrogens is 2. The minimum Gasteiger partial charge on any atom is -0.493 e. The van der Waals surface area contributed by atoms with E-state index >= 15 is 0 Å². The summed E-state index contributed by atoms with van der Waals surface area (Å²) in [5.41, 5.74) is -0.445. The summed E-state index contributed by atoms with van der Waals surface area (Å²) in [4.78, 5) is 49.2. The van der Waals surface area contributed by atoms with Crippen LogP contribution in [0.1, 0.15) is 36.8 Å². The fourth-order valence-electron chi connectivity index (χ4n) is 2.80. The first kappa shape index (κ1) is 22.9. The molecule has 9 heteroatoms. The quantitative estimate of drug-likeness (QED) is 0.642. The van der Waals surface area contributed by atoms with Crippen LogP contribution in [0.15, 0.2) is 39.9 Å². The fraction of sp³-hybridized carbons (Fsp3) is 0.429. The van der Waals surface area contributed by atoms with Crippen molar-refractivity contribution < 1.29 is 19.1 Å². The zero-order valence-electron chi connectivity index (χ0n) is 17.8. The summed E-state index contributed by atoms with van der Waals surface area (Å²) in [7, 11) is 2.85. The van der Waals surface area contributed by atoms with Crippen LogP contribution in [0, 0.1) is 5.92 Å². The lowest BCUT2D eigenvalue weighted by Crippen LogP contribution is -2.45. The maximum absolute atomic E-state index is 12.7. The Morgan fingerprint density at radius 3 is 2.40 bits per heavy atom. The van der Waals surface area contributed by atoms with E-state index in [0.717, 1.165) is 4.57 Å². The van der Waals surface area contributed by atoms with E-state index in [-0.39, 0.29) is 18.2 Å². The third-order valence-electron chi connectivity index (χ3n) is 4.63. The molecule has 2 rings (SSSR count). The van der Waals surface area contributed by atoms with Crippen molar-refractivity contribution in [3.05, 3.63) is 62.4 Å². The highest BCUT2D eigenvalue weighted by molar-refractivity contribution is 5.99. The van der Waals surface area contributed by atoms with Crippen LogP contribution in [0.25, 0.3) is 0 Å². The second-order valence-corrected chi connectivity index (χ2v) is 7.11. The van der Waals surface area contributed by atoms with Crippen LogP contribution in [0.4, 0.5) is 0 Å². The summed E-state index contributed by atoms with van der Waals surface area (Å²) in [5, 5.41) is 2.69. The molecule has 30 heavy (non-hydrogen) atoms. The smallest absolute Gasteiger partial charge is 0.330 e. The highest BCUT2D eigenvalue weighted by atomic mass is 16.5. The van der Waals surface area contributed by atoms with Gasteiger partial charge in [0.1, 0.15) is 18.4 Å². The number of hydrogen-bond donors (Lipinski definition) is 1. The molecule has 1 atom stereocenters. The van der Waals surface area contributed by atoms with Crippen molar-refractivity contribution in [2.75, 3.05) is 6.61 Å². The Morgan fingerprint density at radius 2 is 1.77 bits per heavy atom. The van der Waals surface area contributed by atoms with Gasteiger partial charge in [0.15, 0.2) is 0 Å². The average molecular weight is 417 g/mol. The Labute approximate surface area is 174 Å². The zero-order chi connectivity index (χ0) is 22.4. The van der Waals surface area contributed by atoms with Gasteiger partial charge < -0.3 is 14.8 Å². The van der Waals surface area contributed by atoms with Crippen LogP contribution in [0.2, 0.25) is 0 Å². The van der Waals surface area contributed by atoms with Crippen molar-refractivity contribution in [3.63, 3.8) is 0 Å². The summed E-state index contributed by atoms with van der Waals surface area (Å²) >= 11 is 0. The predicted octanol–water partition coefficient (Wildman–Crippen LogP) is 0.980. The van der Waals surface area contributed by atoms with Gasteiger partial charge in [-0.05, 0) is 25.0 Å². The molecule has 1 aromatic carbocycles. The number of hydrogen-bond acceptors (Lipinski definition) is 6. The molecule has 0 saturated carbocycles. The molecule has 0 bridgehead atoms. The van der Waals surface area contributed by atoms with Gasteiger partial charge in [-0.25, -0.2) is 9.59 Å². The van der Waals surface area contributed by atoms with Gasteiger partial charge in [0.05, 0.1) is 17.9 Å². The van der Waals surface area contributed by atoms with Crippen LogP contribution >= 0.6 is 0 Å². The van der Waals surface area contributed by atoms with Gasteiger partial charge in [-0.15, -0.1) is 0 Å². The molecule has 1 aromatic heterocycles. The van der Waals surface area contributed by atoms with Crippen LogP contribution < -0.4 is 21.3 Å². The van der Waals surface area contributed by atoms with Crippen molar-refractivity contribution in [2.24, 2.45) is 20.0 Å². The van der Waals surface area contributed by atoms with Crippen molar-refractivity contribution in [1.29, 1.82) is 0 Å². The van der Waals surface area contributed by atoms with E-state index in [1.54, 1.807) is 38.1 Å². The lowest BCUT2D eigenvalue weighted by molar-refractivity contribution is -0.148. The maximum atomic E-state index is 12.7. The second-order valence-electron chi connectivity index (χ2n) is 7.11. The molecule has 0 fully saturated rings.